The highest BCUT2D eigenvalue weighted by molar-refractivity contribution is 5.98. The summed E-state index contributed by atoms with van der Waals surface area (Å²) in [5.41, 5.74) is 3.57. The number of ether oxygens (including phenoxy) is 1. The molecule has 0 aliphatic heterocycles. The van der Waals surface area contributed by atoms with Gasteiger partial charge in [-0.1, -0.05) is 54.6 Å². The van der Waals surface area contributed by atoms with Crippen molar-refractivity contribution in [2.45, 2.75) is 24.8 Å². The lowest BCUT2D eigenvalue weighted by atomic mass is 9.98. The molecule has 0 spiro atoms. The predicted molar refractivity (Wildman–Crippen MR) is 127 cm³/mol. The van der Waals surface area contributed by atoms with Crippen molar-refractivity contribution in [2.75, 3.05) is 11.9 Å². The molecule has 0 saturated heterocycles. The number of amides is 2. The van der Waals surface area contributed by atoms with Crippen LogP contribution in [0.4, 0.5) is 14.9 Å². The Morgan fingerprint density at radius 2 is 1.57 bits per heavy atom. The lowest BCUT2D eigenvalue weighted by molar-refractivity contribution is -0.118. The van der Waals surface area contributed by atoms with Gasteiger partial charge in [-0.2, -0.15) is 0 Å². The van der Waals surface area contributed by atoms with Crippen molar-refractivity contribution in [3.63, 3.8) is 0 Å². The first-order chi connectivity index (χ1) is 16.9. The third-order valence-electron chi connectivity index (χ3n) is 6.48. The van der Waals surface area contributed by atoms with Crippen LogP contribution < -0.4 is 10.6 Å². The van der Waals surface area contributed by atoms with Crippen molar-refractivity contribution in [1.29, 1.82) is 0 Å². The van der Waals surface area contributed by atoms with Gasteiger partial charge < -0.3 is 20.5 Å². The van der Waals surface area contributed by atoms with E-state index in [9.17, 15) is 18.8 Å². The lowest BCUT2D eigenvalue weighted by Gasteiger charge is -2.20. The summed E-state index contributed by atoms with van der Waals surface area (Å²) in [7, 11) is 0. The average Bonchev–Trinajstić information content (AvgIpc) is 3.64. The second-order valence-corrected chi connectivity index (χ2v) is 8.75. The van der Waals surface area contributed by atoms with E-state index in [1.807, 2.05) is 48.5 Å². The number of carboxylic acids is 1. The van der Waals surface area contributed by atoms with Crippen molar-refractivity contribution in [3.8, 4) is 11.1 Å². The number of halogens is 1. The minimum absolute atomic E-state index is 0.0961. The molecule has 3 aromatic carbocycles. The van der Waals surface area contributed by atoms with E-state index < -0.39 is 35.4 Å². The van der Waals surface area contributed by atoms with Gasteiger partial charge in [0.2, 0.25) is 5.91 Å². The van der Waals surface area contributed by atoms with Crippen LogP contribution in [0.1, 0.15) is 40.2 Å². The van der Waals surface area contributed by atoms with Crippen LogP contribution in [0, 0.1) is 11.7 Å². The molecule has 7 nitrogen and oxygen atoms in total. The van der Waals surface area contributed by atoms with Crippen LogP contribution in [0.15, 0.2) is 66.7 Å². The number of aromatic carboxylic acids is 1. The fourth-order valence-corrected chi connectivity index (χ4v) is 4.60. The van der Waals surface area contributed by atoms with Gasteiger partial charge in [-0.3, -0.25) is 4.79 Å². The number of carbonyl (C=O) groups excluding carboxylic acids is 2. The minimum Gasteiger partial charge on any atom is -0.478 e. The average molecular weight is 474 g/mol. The van der Waals surface area contributed by atoms with E-state index in [0.717, 1.165) is 41.2 Å². The molecule has 2 amide bonds. The van der Waals surface area contributed by atoms with Gasteiger partial charge in [-0.25, -0.2) is 14.0 Å². The largest absolute Gasteiger partial charge is 0.478 e. The third-order valence-corrected chi connectivity index (χ3v) is 6.48. The fourth-order valence-electron chi connectivity index (χ4n) is 4.60. The van der Waals surface area contributed by atoms with E-state index >= 15 is 0 Å². The summed E-state index contributed by atoms with van der Waals surface area (Å²) in [6, 6.07) is 18.8. The first kappa shape index (κ1) is 22.6. The van der Waals surface area contributed by atoms with Crippen LogP contribution in [0.25, 0.3) is 11.1 Å². The van der Waals surface area contributed by atoms with Gasteiger partial charge in [0.05, 0.1) is 11.3 Å². The Balaban J connectivity index is 1.26. The Labute approximate surface area is 200 Å². The molecule has 178 valence electrons. The van der Waals surface area contributed by atoms with Gasteiger partial charge in [-0.15, -0.1) is 0 Å². The summed E-state index contributed by atoms with van der Waals surface area (Å²) < 4.78 is 20.0. The second-order valence-electron chi connectivity index (χ2n) is 8.75. The minimum atomic E-state index is -1.44. The predicted octanol–water partition coefficient (Wildman–Crippen LogP) is 4.78. The standard InChI is InChI=1S/C27H23FN2O5/c28-23-20(26(32)33)10-5-11-22(23)29-25(31)24(15-12-13-15)30-27(34)35-14-21-18-8-3-1-6-16(18)17-7-2-4-9-19(17)21/h1-11,15,21,24H,12-14H2,(H,29,31)(H,30,34)(H,32,33). The normalized spacial score (nSPS) is 15.0. The monoisotopic (exact) mass is 474 g/mol. The maximum Gasteiger partial charge on any atom is 0.407 e. The zero-order valence-corrected chi connectivity index (χ0v) is 18.7. The summed E-state index contributed by atoms with van der Waals surface area (Å²) in [4.78, 5) is 36.7. The zero-order chi connectivity index (χ0) is 24.5. The first-order valence-electron chi connectivity index (χ1n) is 11.4. The van der Waals surface area contributed by atoms with E-state index in [2.05, 4.69) is 10.6 Å². The molecule has 35 heavy (non-hydrogen) atoms. The smallest absolute Gasteiger partial charge is 0.407 e. The topological polar surface area (TPSA) is 105 Å². The number of anilines is 1. The van der Waals surface area contributed by atoms with E-state index in [1.165, 1.54) is 12.1 Å². The first-order valence-corrected chi connectivity index (χ1v) is 11.4. The highest BCUT2D eigenvalue weighted by Crippen LogP contribution is 2.44. The quantitative estimate of drug-likeness (QED) is 0.457. The molecule has 0 bridgehead atoms. The summed E-state index contributed by atoms with van der Waals surface area (Å²) in [6.07, 6.45) is 0.734. The second kappa shape index (κ2) is 9.21. The molecule has 2 aliphatic rings. The number of hydrogen-bond donors (Lipinski definition) is 3. The number of fused-ring (bicyclic) bond motifs is 3. The third kappa shape index (κ3) is 4.47. The van der Waals surface area contributed by atoms with Crippen molar-refractivity contribution in [2.24, 2.45) is 5.92 Å². The Hall–Kier alpha value is -4.20. The highest BCUT2D eigenvalue weighted by Gasteiger charge is 2.38. The Bertz CT molecular complexity index is 1270. The van der Waals surface area contributed by atoms with Crippen LogP contribution in [0.5, 0.6) is 0 Å². The summed E-state index contributed by atoms with van der Waals surface area (Å²) in [5, 5.41) is 14.1. The number of hydrogen-bond acceptors (Lipinski definition) is 4. The van der Waals surface area contributed by atoms with Crippen LogP contribution in [0.3, 0.4) is 0 Å². The molecule has 8 heteroatoms. The molecule has 1 fully saturated rings. The van der Waals surface area contributed by atoms with Gasteiger partial charge in [0, 0.05) is 5.92 Å². The summed E-state index contributed by atoms with van der Waals surface area (Å²) in [5.74, 6) is -3.31. The van der Waals surface area contributed by atoms with E-state index in [1.54, 1.807) is 0 Å². The Morgan fingerprint density at radius 3 is 2.17 bits per heavy atom. The van der Waals surface area contributed by atoms with Crippen molar-refractivity contribution < 1.29 is 28.6 Å². The number of carboxylic acid groups (broad SMARTS) is 1. The molecule has 2 aliphatic carbocycles. The molecule has 1 saturated carbocycles. The number of alkyl carbamates (subject to hydrolysis) is 1. The number of nitrogens with one attached hydrogen (secondary N) is 2. The number of rotatable bonds is 7. The van der Waals surface area contributed by atoms with Gasteiger partial charge in [0.25, 0.3) is 0 Å². The van der Waals surface area contributed by atoms with Gasteiger partial charge >= 0.3 is 12.1 Å². The summed E-state index contributed by atoms with van der Waals surface area (Å²) in [6.45, 7) is 0.105. The van der Waals surface area contributed by atoms with Crippen LogP contribution >= 0.6 is 0 Å². The molecule has 3 aromatic rings. The maximum absolute atomic E-state index is 14.5. The van der Waals surface area contributed by atoms with E-state index in [-0.39, 0.29) is 24.1 Å². The molecule has 0 aromatic heterocycles. The Morgan fingerprint density at radius 1 is 0.943 bits per heavy atom. The lowest BCUT2D eigenvalue weighted by Crippen LogP contribution is -2.45. The van der Waals surface area contributed by atoms with E-state index in [4.69, 9.17) is 9.84 Å². The van der Waals surface area contributed by atoms with Crippen molar-refractivity contribution in [1.82, 2.24) is 5.32 Å². The van der Waals surface area contributed by atoms with Gasteiger partial charge in [0.15, 0.2) is 5.82 Å². The zero-order valence-electron chi connectivity index (χ0n) is 18.7. The summed E-state index contributed by atoms with van der Waals surface area (Å²) >= 11 is 0. The molecule has 1 atom stereocenters. The van der Waals surface area contributed by atoms with E-state index in [0.29, 0.717) is 0 Å². The number of benzene rings is 3. The highest BCUT2D eigenvalue weighted by atomic mass is 19.1. The SMILES string of the molecule is O=C(NC(C(=O)Nc1cccc(C(=O)O)c1F)C1CC1)OCC1c2ccccc2-c2ccccc21. The molecular weight excluding hydrogens is 451 g/mol. The molecule has 1 unspecified atom stereocenters. The van der Waals surface area contributed by atoms with Gasteiger partial charge in [0.1, 0.15) is 12.6 Å². The van der Waals surface area contributed by atoms with Crippen LogP contribution in [0.2, 0.25) is 0 Å². The van der Waals surface area contributed by atoms with Crippen molar-refractivity contribution >= 4 is 23.7 Å². The number of carbonyl (C=O) groups is 3. The Kier molecular flexibility index (Phi) is 5.94. The van der Waals surface area contributed by atoms with Gasteiger partial charge in [-0.05, 0) is 53.1 Å². The molecule has 5 rings (SSSR count). The molecule has 0 heterocycles. The van der Waals surface area contributed by atoms with Crippen molar-refractivity contribution in [3.05, 3.63) is 89.2 Å². The molecule has 3 N–H and O–H groups in total. The van der Waals surface area contributed by atoms with Crippen LogP contribution in [-0.4, -0.2) is 35.7 Å². The molecule has 0 radical (unpaired) electrons. The molecular formula is C27H23FN2O5. The maximum atomic E-state index is 14.5. The fraction of sp³-hybridized carbons (Fsp3) is 0.222. The van der Waals surface area contributed by atoms with Crippen LogP contribution in [-0.2, 0) is 9.53 Å².